The highest BCUT2D eigenvalue weighted by molar-refractivity contribution is 5.74. The maximum Gasteiger partial charge on any atom is 0.317 e. The monoisotopic (exact) mass is 369 g/mol. The van der Waals surface area contributed by atoms with Crippen LogP contribution in [-0.2, 0) is 6.54 Å². The highest BCUT2D eigenvalue weighted by atomic mass is 16.6. The standard InChI is InChI=1S/C21H27N3O3/c1-4-24(14-18-15-26-19-10-5-6-11-20(19)27-18)21(25)22-13-16-8-7-9-17(12-16)23(2)3/h5-12,18H,4,13-15H2,1-3H3,(H,22,25). The molecule has 27 heavy (non-hydrogen) atoms. The Morgan fingerprint density at radius 2 is 1.93 bits per heavy atom. The second-order valence-corrected chi connectivity index (χ2v) is 6.76. The molecule has 0 fully saturated rings. The Morgan fingerprint density at radius 1 is 1.15 bits per heavy atom. The van der Waals surface area contributed by atoms with Crippen LogP contribution in [0, 0.1) is 0 Å². The molecule has 0 radical (unpaired) electrons. The van der Waals surface area contributed by atoms with Crippen LogP contribution in [0.25, 0.3) is 0 Å². The van der Waals surface area contributed by atoms with Crippen molar-refractivity contribution in [2.45, 2.75) is 19.6 Å². The number of amides is 2. The summed E-state index contributed by atoms with van der Waals surface area (Å²) < 4.78 is 11.7. The van der Waals surface area contributed by atoms with Crippen LogP contribution >= 0.6 is 0 Å². The number of fused-ring (bicyclic) bond motifs is 1. The zero-order valence-electron chi connectivity index (χ0n) is 16.1. The molecule has 6 heteroatoms. The summed E-state index contributed by atoms with van der Waals surface area (Å²) in [7, 11) is 4.00. The third-order valence-electron chi connectivity index (χ3n) is 4.53. The van der Waals surface area contributed by atoms with Crippen molar-refractivity contribution in [1.29, 1.82) is 0 Å². The zero-order valence-corrected chi connectivity index (χ0v) is 16.1. The Balaban J connectivity index is 1.54. The molecule has 1 N–H and O–H groups in total. The van der Waals surface area contributed by atoms with Crippen LogP contribution in [0.4, 0.5) is 10.5 Å². The number of carbonyl (C=O) groups excluding carboxylic acids is 1. The van der Waals surface area contributed by atoms with E-state index in [-0.39, 0.29) is 12.1 Å². The van der Waals surface area contributed by atoms with Crippen LogP contribution < -0.4 is 19.7 Å². The van der Waals surface area contributed by atoms with Gasteiger partial charge in [-0.15, -0.1) is 0 Å². The molecule has 144 valence electrons. The van der Waals surface area contributed by atoms with E-state index >= 15 is 0 Å². The van der Waals surface area contributed by atoms with Gasteiger partial charge in [-0.1, -0.05) is 24.3 Å². The molecule has 6 nitrogen and oxygen atoms in total. The van der Waals surface area contributed by atoms with Gasteiger partial charge in [-0.3, -0.25) is 0 Å². The first-order chi connectivity index (χ1) is 13.1. The van der Waals surface area contributed by atoms with Crippen LogP contribution in [0.1, 0.15) is 12.5 Å². The lowest BCUT2D eigenvalue weighted by molar-refractivity contribution is 0.0675. The minimum atomic E-state index is -0.178. The summed E-state index contributed by atoms with van der Waals surface area (Å²) in [6.45, 7) is 3.97. The molecular weight excluding hydrogens is 342 g/mol. The lowest BCUT2D eigenvalue weighted by atomic mass is 10.2. The molecule has 1 atom stereocenters. The summed E-state index contributed by atoms with van der Waals surface area (Å²) in [6, 6.07) is 15.6. The van der Waals surface area contributed by atoms with Crippen LogP contribution in [0.5, 0.6) is 11.5 Å². The first-order valence-corrected chi connectivity index (χ1v) is 9.24. The molecule has 1 aliphatic heterocycles. The number of para-hydroxylation sites is 2. The van der Waals surface area contributed by atoms with E-state index in [4.69, 9.17) is 9.47 Å². The van der Waals surface area contributed by atoms with Gasteiger partial charge in [-0.05, 0) is 36.8 Å². The number of benzene rings is 2. The Bertz CT molecular complexity index is 779. The van der Waals surface area contributed by atoms with E-state index in [0.29, 0.717) is 26.2 Å². The number of hydrogen-bond acceptors (Lipinski definition) is 4. The van der Waals surface area contributed by atoms with Crippen LogP contribution in [0.2, 0.25) is 0 Å². The zero-order chi connectivity index (χ0) is 19.2. The van der Waals surface area contributed by atoms with E-state index in [1.807, 2.05) is 68.4 Å². The van der Waals surface area contributed by atoms with Gasteiger partial charge in [-0.2, -0.15) is 0 Å². The minimum absolute atomic E-state index is 0.102. The Morgan fingerprint density at radius 3 is 2.67 bits per heavy atom. The molecule has 1 unspecified atom stereocenters. The van der Waals surface area contributed by atoms with Crippen LogP contribution in [-0.4, -0.2) is 50.8 Å². The molecule has 1 aliphatic rings. The number of nitrogens with zero attached hydrogens (tertiary/aromatic N) is 2. The van der Waals surface area contributed by atoms with Gasteiger partial charge in [0.25, 0.3) is 0 Å². The van der Waals surface area contributed by atoms with Gasteiger partial charge >= 0.3 is 6.03 Å². The van der Waals surface area contributed by atoms with E-state index in [1.165, 1.54) is 0 Å². The van der Waals surface area contributed by atoms with Crippen LogP contribution in [0.15, 0.2) is 48.5 Å². The van der Waals surface area contributed by atoms with Gasteiger partial charge < -0.3 is 24.6 Å². The molecule has 1 heterocycles. The maximum atomic E-state index is 12.6. The molecule has 2 aromatic rings. The predicted molar refractivity (Wildman–Crippen MR) is 107 cm³/mol. The number of anilines is 1. The van der Waals surface area contributed by atoms with Crippen molar-refractivity contribution in [3.63, 3.8) is 0 Å². The van der Waals surface area contributed by atoms with E-state index < -0.39 is 0 Å². The molecular formula is C21H27N3O3. The highest BCUT2D eigenvalue weighted by Crippen LogP contribution is 2.31. The van der Waals surface area contributed by atoms with Gasteiger partial charge in [0.05, 0.1) is 6.54 Å². The Hall–Kier alpha value is -2.89. The van der Waals surface area contributed by atoms with Gasteiger partial charge in [0.2, 0.25) is 0 Å². The third-order valence-corrected chi connectivity index (χ3v) is 4.53. The summed E-state index contributed by atoms with van der Waals surface area (Å²) in [6.07, 6.45) is -0.178. The van der Waals surface area contributed by atoms with Crippen molar-refractivity contribution in [1.82, 2.24) is 10.2 Å². The fourth-order valence-corrected chi connectivity index (χ4v) is 2.99. The quantitative estimate of drug-likeness (QED) is 0.850. The number of carbonyl (C=O) groups is 1. The van der Waals surface area contributed by atoms with Crippen molar-refractivity contribution >= 4 is 11.7 Å². The Kier molecular flexibility index (Phi) is 6.06. The SMILES string of the molecule is CCN(CC1COc2ccccc2O1)C(=O)NCc1cccc(N(C)C)c1. The molecule has 0 bridgehead atoms. The van der Waals surface area contributed by atoms with Crippen molar-refractivity contribution in [3.8, 4) is 11.5 Å². The average Bonchev–Trinajstić information content (AvgIpc) is 2.70. The second kappa shape index (κ2) is 8.66. The summed E-state index contributed by atoms with van der Waals surface area (Å²) in [5, 5.41) is 3.00. The summed E-state index contributed by atoms with van der Waals surface area (Å²) in [5.41, 5.74) is 2.18. The molecule has 0 spiro atoms. The number of nitrogens with one attached hydrogen (secondary N) is 1. The lowest BCUT2D eigenvalue weighted by Crippen LogP contribution is -2.47. The third kappa shape index (κ3) is 4.84. The van der Waals surface area contributed by atoms with Crippen molar-refractivity contribution in [3.05, 3.63) is 54.1 Å². The first-order valence-electron chi connectivity index (χ1n) is 9.24. The normalized spacial score (nSPS) is 15.1. The molecule has 0 aromatic heterocycles. The summed E-state index contributed by atoms with van der Waals surface area (Å²) in [5.74, 6) is 1.48. The van der Waals surface area contributed by atoms with Gasteiger partial charge in [-0.25, -0.2) is 4.79 Å². The first kappa shape index (κ1) is 18.9. The van der Waals surface area contributed by atoms with E-state index in [2.05, 4.69) is 11.4 Å². The summed E-state index contributed by atoms with van der Waals surface area (Å²) >= 11 is 0. The fourth-order valence-electron chi connectivity index (χ4n) is 2.99. The molecule has 2 aromatic carbocycles. The van der Waals surface area contributed by atoms with Crippen LogP contribution in [0.3, 0.4) is 0 Å². The molecule has 0 aliphatic carbocycles. The van der Waals surface area contributed by atoms with Crippen molar-refractivity contribution in [2.75, 3.05) is 38.7 Å². The maximum absolute atomic E-state index is 12.6. The fraction of sp³-hybridized carbons (Fsp3) is 0.381. The average molecular weight is 369 g/mol. The van der Waals surface area contributed by atoms with Gasteiger partial charge in [0, 0.05) is 32.9 Å². The topological polar surface area (TPSA) is 54.0 Å². The molecule has 3 rings (SSSR count). The number of likely N-dealkylation sites (N-methyl/N-ethyl adjacent to an activating group) is 1. The molecule has 0 saturated heterocycles. The number of urea groups is 1. The predicted octanol–water partition coefficient (Wildman–Crippen LogP) is 3.12. The number of rotatable bonds is 6. The smallest absolute Gasteiger partial charge is 0.317 e. The number of ether oxygens (including phenoxy) is 2. The molecule has 2 amide bonds. The summed E-state index contributed by atoms with van der Waals surface area (Å²) in [4.78, 5) is 16.4. The highest BCUT2D eigenvalue weighted by Gasteiger charge is 2.24. The van der Waals surface area contributed by atoms with E-state index in [1.54, 1.807) is 4.90 Å². The largest absolute Gasteiger partial charge is 0.486 e. The number of hydrogen-bond donors (Lipinski definition) is 1. The molecule has 0 saturated carbocycles. The van der Waals surface area contributed by atoms with E-state index in [9.17, 15) is 4.79 Å². The van der Waals surface area contributed by atoms with Gasteiger partial charge in [0.1, 0.15) is 6.61 Å². The minimum Gasteiger partial charge on any atom is -0.486 e. The Labute approximate surface area is 160 Å². The van der Waals surface area contributed by atoms with E-state index in [0.717, 1.165) is 22.7 Å². The van der Waals surface area contributed by atoms with Gasteiger partial charge in [0.15, 0.2) is 17.6 Å². The van der Waals surface area contributed by atoms with Crippen molar-refractivity contribution in [2.24, 2.45) is 0 Å². The second-order valence-electron chi connectivity index (χ2n) is 6.76. The lowest BCUT2D eigenvalue weighted by Gasteiger charge is -2.31. The van der Waals surface area contributed by atoms with Crippen molar-refractivity contribution < 1.29 is 14.3 Å².